The van der Waals surface area contributed by atoms with Crippen molar-refractivity contribution >= 4 is 37.9 Å². The number of ketones is 1. The number of fused-ring (bicyclic) bond motifs is 1. The number of hydrogen-bond donors (Lipinski definition) is 0. The van der Waals surface area contributed by atoms with E-state index in [2.05, 4.69) is 10.3 Å². The average molecular weight is 263 g/mol. The minimum atomic E-state index is 0.110. The molecule has 0 spiro atoms. The van der Waals surface area contributed by atoms with Crippen LogP contribution in [-0.2, 0) is 13.5 Å². The van der Waals surface area contributed by atoms with Gasteiger partial charge in [0.25, 0.3) is 0 Å². The molecular weight excluding hydrogens is 254 g/mol. The molecule has 0 saturated heterocycles. The summed E-state index contributed by atoms with van der Waals surface area (Å²) in [6.07, 6.45) is 2.09. The summed E-state index contributed by atoms with van der Waals surface area (Å²) in [6.45, 7) is 0. The lowest BCUT2D eigenvalue weighted by molar-refractivity contribution is 0.0996. The van der Waals surface area contributed by atoms with E-state index in [1.807, 2.05) is 17.5 Å². The third-order valence-corrected chi connectivity index (χ3v) is 4.54. The maximum atomic E-state index is 12.0. The highest BCUT2D eigenvalue weighted by Gasteiger charge is 2.13. The Bertz CT molecular complexity index is 651. The van der Waals surface area contributed by atoms with Crippen molar-refractivity contribution in [1.29, 1.82) is 0 Å². The quantitative estimate of drug-likeness (QED) is 0.682. The Labute approximate surface area is 106 Å². The van der Waals surface area contributed by atoms with Gasteiger partial charge in [-0.15, -0.1) is 27.8 Å². The average Bonchev–Trinajstić information content (AvgIpc) is 2.92. The van der Waals surface area contributed by atoms with Gasteiger partial charge in [0.05, 0.1) is 17.0 Å². The number of hydrogen-bond acceptors (Lipinski definition) is 5. The van der Waals surface area contributed by atoms with E-state index in [9.17, 15) is 4.79 Å². The van der Waals surface area contributed by atoms with Crippen LogP contribution in [-0.4, -0.2) is 20.8 Å². The molecule has 0 amide bonds. The highest BCUT2D eigenvalue weighted by atomic mass is 32.1. The van der Waals surface area contributed by atoms with Crippen molar-refractivity contribution in [2.75, 3.05) is 0 Å². The first-order valence-electron chi connectivity index (χ1n) is 5.08. The van der Waals surface area contributed by atoms with Crippen molar-refractivity contribution in [2.24, 2.45) is 7.05 Å². The zero-order chi connectivity index (χ0) is 11.8. The van der Waals surface area contributed by atoms with E-state index in [1.54, 1.807) is 40.6 Å². The summed E-state index contributed by atoms with van der Waals surface area (Å²) in [4.78, 5) is 12.8. The zero-order valence-electron chi connectivity index (χ0n) is 9.08. The molecule has 3 rings (SSSR count). The van der Waals surface area contributed by atoms with Crippen LogP contribution >= 0.6 is 22.7 Å². The van der Waals surface area contributed by atoms with Gasteiger partial charge in [0.1, 0.15) is 0 Å². The second-order valence-electron chi connectivity index (χ2n) is 3.74. The van der Waals surface area contributed by atoms with E-state index >= 15 is 0 Å². The van der Waals surface area contributed by atoms with Gasteiger partial charge in [0.15, 0.2) is 5.78 Å². The standard InChI is InChI=1S/C11H9N3OS2/c1-14-6-7(12-13-14)4-8(15)10-5-11-9(17-10)2-3-16-11/h2-3,5-6H,4H2,1H3. The van der Waals surface area contributed by atoms with E-state index < -0.39 is 0 Å². The molecule has 0 atom stereocenters. The highest BCUT2D eigenvalue weighted by molar-refractivity contribution is 7.27. The molecule has 6 heteroatoms. The molecule has 0 N–H and O–H groups in total. The van der Waals surface area contributed by atoms with Crippen molar-refractivity contribution in [3.05, 3.63) is 34.3 Å². The summed E-state index contributed by atoms with van der Waals surface area (Å²) in [6, 6.07) is 4.01. The molecule has 3 aromatic rings. The molecule has 0 aromatic carbocycles. The van der Waals surface area contributed by atoms with Crippen LogP contribution in [0.25, 0.3) is 9.40 Å². The maximum absolute atomic E-state index is 12.0. The molecule has 0 fully saturated rings. The monoisotopic (exact) mass is 263 g/mol. The highest BCUT2D eigenvalue weighted by Crippen LogP contribution is 2.30. The Morgan fingerprint density at radius 1 is 1.47 bits per heavy atom. The van der Waals surface area contributed by atoms with Crippen LogP contribution in [0.1, 0.15) is 15.4 Å². The minimum Gasteiger partial charge on any atom is -0.293 e. The van der Waals surface area contributed by atoms with Gasteiger partial charge in [-0.1, -0.05) is 5.21 Å². The van der Waals surface area contributed by atoms with Crippen molar-refractivity contribution in [3.8, 4) is 0 Å². The second kappa shape index (κ2) is 4.05. The summed E-state index contributed by atoms with van der Waals surface area (Å²) in [5.74, 6) is 0.110. The smallest absolute Gasteiger partial charge is 0.178 e. The van der Waals surface area contributed by atoms with Gasteiger partial charge in [-0.2, -0.15) is 0 Å². The van der Waals surface area contributed by atoms with E-state index in [4.69, 9.17) is 0 Å². The Morgan fingerprint density at radius 2 is 2.35 bits per heavy atom. The van der Waals surface area contributed by atoms with E-state index in [1.165, 1.54) is 9.40 Å². The molecule has 0 aliphatic rings. The molecule has 0 radical (unpaired) electrons. The van der Waals surface area contributed by atoms with Gasteiger partial charge in [0.2, 0.25) is 0 Å². The third-order valence-electron chi connectivity index (χ3n) is 2.41. The van der Waals surface area contributed by atoms with E-state index in [0.717, 1.165) is 4.88 Å². The predicted molar refractivity (Wildman–Crippen MR) is 68.7 cm³/mol. The number of carbonyl (C=O) groups is 1. The fourth-order valence-electron chi connectivity index (χ4n) is 1.63. The lowest BCUT2D eigenvalue weighted by Gasteiger charge is -1.92. The van der Waals surface area contributed by atoms with Crippen LogP contribution in [0.4, 0.5) is 0 Å². The zero-order valence-corrected chi connectivity index (χ0v) is 10.7. The number of aryl methyl sites for hydroxylation is 1. The molecule has 0 unspecified atom stereocenters. The number of nitrogens with zero attached hydrogens (tertiary/aromatic N) is 3. The van der Waals surface area contributed by atoms with Crippen LogP contribution < -0.4 is 0 Å². The lowest BCUT2D eigenvalue weighted by Crippen LogP contribution is -2.01. The van der Waals surface area contributed by atoms with Crippen LogP contribution in [0.3, 0.4) is 0 Å². The van der Waals surface area contributed by atoms with Crippen LogP contribution in [0.15, 0.2) is 23.7 Å². The first kappa shape index (κ1) is 10.6. The van der Waals surface area contributed by atoms with Gasteiger partial charge in [-0.05, 0) is 17.5 Å². The first-order valence-corrected chi connectivity index (χ1v) is 6.77. The van der Waals surface area contributed by atoms with Crippen molar-refractivity contribution in [1.82, 2.24) is 15.0 Å². The summed E-state index contributed by atoms with van der Waals surface area (Å²) >= 11 is 3.21. The Morgan fingerprint density at radius 3 is 3.06 bits per heavy atom. The summed E-state index contributed by atoms with van der Waals surface area (Å²) in [5.41, 5.74) is 0.717. The van der Waals surface area contributed by atoms with E-state index in [-0.39, 0.29) is 5.78 Å². The van der Waals surface area contributed by atoms with Crippen LogP contribution in [0.5, 0.6) is 0 Å². The van der Waals surface area contributed by atoms with Crippen LogP contribution in [0, 0.1) is 0 Å². The summed E-state index contributed by atoms with van der Waals surface area (Å²) in [5, 5.41) is 9.78. The maximum Gasteiger partial charge on any atom is 0.178 e. The molecule has 3 heterocycles. The molecule has 3 aromatic heterocycles. The van der Waals surface area contributed by atoms with Gasteiger partial charge in [0, 0.05) is 22.6 Å². The fourth-order valence-corrected chi connectivity index (χ4v) is 3.68. The largest absolute Gasteiger partial charge is 0.293 e. The molecule has 17 heavy (non-hydrogen) atoms. The molecule has 86 valence electrons. The first-order chi connectivity index (χ1) is 8.22. The topological polar surface area (TPSA) is 47.8 Å². The molecule has 0 aliphatic carbocycles. The third kappa shape index (κ3) is 2.01. The predicted octanol–water partition coefficient (Wildman–Crippen LogP) is 2.52. The van der Waals surface area contributed by atoms with Crippen molar-refractivity contribution in [2.45, 2.75) is 6.42 Å². The number of rotatable bonds is 3. The SMILES string of the molecule is Cn1cc(CC(=O)c2cc3sccc3s2)nn1. The Balaban J connectivity index is 1.84. The molecule has 0 saturated carbocycles. The minimum absolute atomic E-state index is 0.110. The number of thiophene rings is 2. The van der Waals surface area contributed by atoms with Crippen molar-refractivity contribution < 1.29 is 4.79 Å². The Hall–Kier alpha value is -1.53. The second-order valence-corrected chi connectivity index (χ2v) is 5.77. The summed E-state index contributed by atoms with van der Waals surface area (Å²) < 4.78 is 3.96. The van der Waals surface area contributed by atoms with E-state index in [0.29, 0.717) is 12.1 Å². The molecule has 0 aliphatic heterocycles. The lowest BCUT2D eigenvalue weighted by atomic mass is 10.2. The van der Waals surface area contributed by atoms with Gasteiger partial charge < -0.3 is 0 Å². The fraction of sp³-hybridized carbons (Fsp3) is 0.182. The van der Waals surface area contributed by atoms with Crippen LogP contribution in [0.2, 0.25) is 0 Å². The number of Topliss-reactive ketones (excluding diaryl/α,β-unsaturated/α-hetero) is 1. The normalized spacial score (nSPS) is 11.1. The van der Waals surface area contributed by atoms with Gasteiger partial charge >= 0.3 is 0 Å². The number of aromatic nitrogens is 3. The molecule has 0 bridgehead atoms. The van der Waals surface area contributed by atoms with Gasteiger partial charge in [-0.25, -0.2) is 0 Å². The summed E-state index contributed by atoms with van der Waals surface area (Å²) in [7, 11) is 1.79. The van der Waals surface area contributed by atoms with Crippen molar-refractivity contribution in [3.63, 3.8) is 0 Å². The number of carbonyl (C=O) groups excluding carboxylic acids is 1. The molecule has 4 nitrogen and oxygen atoms in total. The van der Waals surface area contributed by atoms with Gasteiger partial charge in [-0.3, -0.25) is 9.48 Å². The Kier molecular flexibility index (Phi) is 2.53. The molecular formula is C11H9N3OS2.